The number of nitrogens with zero attached hydrogens (tertiary/aromatic N) is 5. The number of aromatic nitrogens is 4. The minimum Gasteiger partial charge on any atom is -0.309 e. The summed E-state index contributed by atoms with van der Waals surface area (Å²) in [7, 11) is 1.69. The molecule has 0 aliphatic carbocycles. The minimum absolute atomic E-state index is 0.171. The molecule has 1 amide bonds. The lowest BCUT2D eigenvalue weighted by Crippen LogP contribution is -2.26. The summed E-state index contributed by atoms with van der Waals surface area (Å²) in [6.45, 7) is 4.06. The SMILES string of the molecule is CCc1cc2c(SC(CC)C(=O)Nc3c(C#N)cnn3C)ncnc2s1. The van der Waals surface area contributed by atoms with Crippen molar-refractivity contribution >= 4 is 45.0 Å². The van der Waals surface area contributed by atoms with Gasteiger partial charge in [0.05, 0.1) is 11.4 Å². The molecule has 0 radical (unpaired) electrons. The summed E-state index contributed by atoms with van der Waals surface area (Å²) in [5, 5.41) is 17.4. The van der Waals surface area contributed by atoms with E-state index in [4.69, 9.17) is 5.26 Å². The van der Waals surface area contributed by atoms with Gasteiger partial charge >= 0.3 is 0 Å². The number of carbonyl (C=O) groups excluding carboxylic acids is 1. The number of aryl methyl sites for hydroxylation is 2. The van der Waals surface area contributed by atoms with Crippen LogP contribution in [0.5, 0.6) is 0 Å². The summed E-state index contributed by atoms with van der Waals surface area (Å²) in [4.78, 5) is 23.6. The molecule has 3 heterocycles. The third-order valence-electron chi connectivity index (χ3n) is 3.91. The van der Waals surface area contributed by atoms with E-state index in [2.05, 4.69) is 33.4 Å². The van der Waals surface area contributed by atoms with Gasteiger partial charge in [0.25, 0.3) is 0 Å². The average Bonchev–Trinajstić information content (AvgIpc) is 3.23. The van der Waals surface area contributed by atoms with Crippen LogP contribution in [0.1, 0.15) is 30.7 Å². The molecule has 7 nitrogen and oxygen atoms in total. The summed E-state index contributed by atoms with van der Waals surface area (Å²) in [5.41, 5.74) is 0.343. The predicted octanol–water partition coefficient (Wildman–Crippen LogP) is 3.37. The van der Waals surface area contributed by atoms with E-state index < -0.39 is 0 Å². The van der Waals surface area contributed by atoms with Crippen LogP contribution in [0.4, 0.5) is 5.82 Å². The quantitative estimate of drug-likeness (QED) is 0.515. The molecule has 26 heavy (non-hydrogen) atoms. The monoisotopic (exact) mass is 386 g/mol. The number of amides is 1. The molecule has 9 heteroatoms. The summed E-state index contributed by atoms with van der Waals surface area (Å²) in [6, 6.07) is 4.14. The van der Waals surface area contributed by atoms with Gasteiger partial charge in [-0.05, 0) is 18.9 Å². The van der Waals surface area contributed by atoms with E-state index in [0.29, 0.717) is 17.8 Å². The zero-order valence-corrected chi connectivity index (χ0v) is 16.3. The third-order valence-corrected chi connectivity index (χ3v) is 6.48. The first-order valence-electron chi connectivity index (χ1n) is 8.20. The number of thiophene rings is 1. The van der Waals surface area contributed by atoms with Crippen LogP contribution in [-0.4, -0.2) is 30.9 Å². The molecule has 3 aromatic rings. The van der Waals surface area contributed by atoms with Crippen molar-refractivity contribution in [2.45, 2.75) is 37.0 Å². The Morgan fingerprint density at radius 1 is 1.46 bits per heavy atom. The second-order valence-corrected chi connectivity index (χ2v) is 7.92. The highest BCUT2D eigenvalue weighted by atomic mass is 32.2. The molecule has 0 bridgehead atoms. The minimum atomic E-state index is -0.334. The largest absolute Gasteiger partial charge is 0.309 e. The van der Waals surface area contributed by atoms with E-state index in [9.17, 15) is 4.79 Å². The first kappa shape index (κ1) is 18.4. The molecule has 1 N–H and O–H groups in total. The number of thioether (sulfide) groups is 1. The molecule has 3 aromatic heterocycles. The van der Waals surface area contributed by atoms with Gasteiger partial charge in [-0.15, -0.1) is 11.3 Å². The number of nitriles is 1. The Morgan fingerprint density at radius 2 is 2.27 bits per heavy atom. The predicted molar refractivity (Wildman–Crippen MR) is 103 cm³/mol. The first-order chi connectivity index (χ1) is 12.6. The number of fused-ring (bicyclic) bond motifs is 1. The average molecular weight is 387 g/mol. The van der Waals surface area contributed by atoms with E-state index in [-0.39, 0.29) is 11.2 Å². The topological polar surface area (TPSA) is 96.5 Å². The molecule has 1 atom stereocenters. The maximum atomic E-state index is 12.7. The van der Waals surface area contributed by atoms with Crippen LogP contribution in [0.3, 0.4) is 0 Å². The number of rotatable bonds is 6. The van der Waals surface area contributed by atoms with Gasteiger partial charge < -0.3 is 5.32 Å². The Morgan fingerprint density at radius 3 is 2.96 bits per heavy atom. The number of carbonyl (C=O) groups is 1. The third kappa shape index (κ3) is 3.57. The highest BCUT2D eigenvalue weighted by molar-refractivity contribution is 8.00. The highest BCUT2D eigenvalue weighted by Gasteiger charge is 2.23. The van der Waals surface area contributed by atoms with E-state index in [0.717, 1.165) is 21.7 Å². The number of hydrogen-bond acceptors (Lipinski definition) is 7. The molecule has 3 rings (SSSR count). The van der Waals surface area contributed by atoms with Gasteiger partial charge in [-0.1, -0.05) is 25.6 Å². The second kappa shape index (κ2) is 7.85. The van der Waals surface area contributed by atoms with Crippen LogP contribution in [0, 0.1) is 11.3 Å². The number of anilines is 1. The summed E-state index contributed by atoms with van der Waals surface area (Å²) < 4.78 is 1.49. The van der Waals surface area contributed by atoms with Gasteiger partial charge in [-0.3, -0.25) is 9.48 Å². The Labute approximate surface area is 159 Å². The standard InChI is InChI=1S/C17H18N6OS2/c1-4-11-6-12-16(25-11)19-9-20-17(12)26-13(5-2)15(24)22-14-10(7-18)8-21-23(14)3/h6,8-9,13H,4-5H2,1-3H3,(H,22,24). The second-order valence-electron chi connectivity index (χ2n) is 5.61. The fraction of sp³-hybridized carbons (Fsp3) is 0.353. The Bertz CT molecular complexity index is 987. The lowest BCUT2D eigenvalue weighted by molar-refractivity contribution is -0.115. The Hall–Kier alpha value is -2.44. The van der Waals surface area contributed by atoms with Crippen LogP contribution in [-0.2, 0) is 18.3 Å². The van der Waals surface area contributed by atoms with Crippen molar-refractivity contribution in [3.8, 4) is 6.07 Å². The lowest BCUT2D eigenvalue weighted by Gasteiger charge is -2.14. The molecule has 134 valence electrons. The maximum absolute atomic E-state index is 12.7. The van der Waals surface area contributed by atoms with Crippen molar-refractivity contribution in [1.82, 2.24) is 19.7 Å². The van der Waals surface area contributed by atoms with Gasteiger partial charge in [0.1, 0.15) is 33.6 Å². The van der Waals surface area contributed by atoms with Crippen molar-refractivity contribution in [3.63, 3.8) is 0 Å². The smallest absolute Gasteiger partial charge is 0.239 e. The summed E-state index contributed by atoms with van der Waals surface area (Å²) in [5.74, 6) is 0.239. The normalized spacial score (nSPS) is 12.1. The van der Waals surface area contributed by atoms with Gasteiger partial charge in [-0.25, -0.2) is 9.97 Å². The molecule has 0 aliphatic heterocycles. The zero-order chi connectivity index (χ0) is 18.7. The molecular weight excluding hydrogens is 368 g/mol. The fourth-order valence-corrected chi connectivity index (χ4v) is 4.47. The van der Waals surface area contributed by atoms with Crippen molar-refractivity contribution in [1.29, 1.82) is 5.26 Å². The van der Waals surface area contributed by atoms with Crippen LogP contribution in [0.25, 0.3) is 10.2 Å². The molecule has 1 unspecified atom stereocenters. The first-order valence-corrected chi connectivity index (χ1v) is 9.90. The summed E-state index contributed by atoms with van der Waals surface area (Å²) >= 11 is 3.07. The van der Waals surface area contributed by atoms with Gasteiger partial charge in [-0.2, -0.15) is 10.4 Å². The molecule has 0 saturated carbocycles. The van der Waals surface area contributed by atoms with Crippen molar-refractivity contribution < 1.29 is 4.79 Å². The van der Waals surface area contributed by atoms with Crippen molar-refractivity contribution in [2.75, 3.05) is 5.32 Å². The fourth-order valence-electron chi connectivity index (χ4n) is 2.47. The van der Waals surface area contributed by atoms with E-state index >= 15 is 0 Å². The molecule has 0 spiro atoms. The van der Waals surface area contributed by atoms with Crippen LogP contribution >= 0.6 is 23.1 Å². The molecule has 0 aliphatic rings. The summed E-state index contributed by atoms with van der Waals surface area (Å²) in [6.07, 6.45) is 4.56. The van der Waals surface area contributed by atoms with E-state index in [1.165, 1.54) is 27.5 Å². The molecule has 0 saturated heterocycles. The maximum Gasteiger partial charge on any atom is 0.239 e. The molecular formula is C17H18N6OS2. The number of nitrogens with one attached hydrogen (secondary N) is 1. The Kier molecular flexibility index (Phi) is 5.54. The van der Waals surface area contributed by atoms with E-state index in [1.807, 2.05) is 13.0 Å². The van der Waals surface area contributed by atoms with Gasteiger partial charge in [0.2, 0.25) is 5.91 Å². The lowest BCUT2D eigenvalue weighted by atomic mass is 10.3. The molecule has 0 aromatic carbocycles. The van der Waals surface area contributed by atoms with E-state index in [1.54, 1.807) is 24.7 Å². The van der Waals surface area contributed by atoms with Crippen LogP contribution in [0.2, 0.25) is 0 Å². The van der Waals surface area contributed by atoms with Crippen LogP contribution < -0.4 is 5.32 Å². The van der Waals surface area contributed by atoms with Crippen molar-refractivity contribution in [3.05, 3.63) is 29.0 Å². The highest BCUT2D eigenvalue weighted by Crippen LogP contribution is 2.34. The van der Waals surface area contributed by atoms with Crippen LogP contribution in [0.15, 0.2) is 23.6 Å². The van der Waals surface area contributed by atoms with Gasteiger partial charge in [0.15, 0.2) is 0 Å². The van der Waals surface area contributed by atoms with Gasteiger partial charge in [0, 0.05) is 17.3 Å². The Balaban J connectivity index is 1.83. The van der Waals surface area contributed by atoms with Crippen molar-refractivity contribution in [2.24, 2.45) is 7.05 Å². The molecule has 0 fully saturated rings. The number of hydrogen-bond donors (Lipinski definition) is 1. The zero-order valence-electron chi connectivity index (χ0n) is 14.7.